The van der Waals surface area contributed by atoms with Crippen LogP contribution < -0.4 is 5.73 Å². The van der Waals surface area contributed by atoms with Crippen molar-refractivity contribution in [1.29, 1.82) is 0 Å². The summed E-state index contributed by atoms with van der Waals surface area (Å²) in [6, 6.07) is 9.23. The summed E-state index contributed by atoms with van der Waals surface area (Å²) in [5.41, 5.74) is 8.27. The zero-order chi connectivity index (χ0) is 12.7. The maximum atomic E-state index is 12.5. The van der Waals surface area contributed by atoms with Crippen LogP contribution in [0.15, 0.2) is 30.3 Å². The highest BCUT2D eigenvalue weighted by atomic mass is 32.1. The lowest BCUT2D eigenvalue weighted by Crippen LogP contribution is -2.07. The van der Waals surface area contributed by atoms with Gasteiger partial charge in [0.05, 0.1) is 23.3 Å². The Balaban J connectivity index is 2.11. The Morgan fingerprint density at radius 3 is 2.83 bits per heavy atom. The maximum absolute atomic E-state index is 12.5. The second-order valence-corrected chi connectivity index (χ2v) is 5.46. The van der Waals surface area contributed by atoms with Crippen molar-refractivity contribution in [2.24, 2.45) is 0 Å². The number of carbonyl (C=O) groups is 1. The first-order valence-corrected chi connectivity index (χ1v) is 6.62. The number of anilines is 1. The molecule has 1 aliphatic rings. The minimum atomic E-state index is -0.0452. The number of nitrogens with two attached hydrogens (primary N) is 1. The van der Waals surface area contributed by atoms with Crippen LogP contribution in [0.5, 0.6) is 0 Å². The summed E-state index contributed by atoms with van der Waals surface area (Å²) in [7, 11) is 0. The largest absolute Gasteiger partial charge is 0.390 e. The summed E-state index contributed by atoms with van der Waals surface area (Å²) in [5, 5.41) is 0.601. The molecule has 2 N–H and O–H groups in total. The molecule has 0 fully saturated rings. The van der Waals surface area contributed by atoms with Gasteiger partial charge in [0.15, 0.2) is 5.78 Å². The molecular weight excluding hydrogens is 246 g/mol. The Kier molecular flexibility index (Phi) is 2.69. The molecule has 1 aromatic carbocycles. The molecule has 92 valence electrons. The zero-order valence-corrected chi connectivity index (χ0v) is 10.8. The Bertz CT molecular complexity index is 604. The van der Waals surface area contributed by atoms with Gasteiger partial charge in [-0.15, -0.1) is 11.3 Å². The average molecular weight is 259 g/mol. The van der Waals surface area contributed by atoms with Crippen molar-refractivity contribution in [1.82, 2.24) is 0 Å². The van der Waals surface area contributed by atoms with Crippen LogP contribution in [0.2, 0.25) is 0 Å². The normalized spacial score (nSPS) is 17.7. The highest BCUT2D eigenvalue weighted by Gasteiger charge is 2.31. The van der Waals surface area contributed by atoms with Crippen LogP contribution in [-0.4, -0.2) is 5.78 Å². The van der Waals surface area contributed by atoms with E-state index < -0.39 is 0 Å². The first-order valence-electron chi connectivity index (χ1n) is 5.81. The van der Waals surface area contributed by atoms with Gasteiger partial charge in [-0.1, -0.05) is 30.3 Å². The van der Waals surface area contributed by atoms with Crippen molar-refractivity contribution in [2.75, 3.05) is 5.73 Å². The Morgan fingerprint density at radius 2 is 2.11 bits per heavy atom. The van der Waals surface area contributed by atoms with Gasteiger partial charge < -0.3 is 10.5 Å². The number of carbonyl (C=O) groups excluding carboxylic acids is 1. The average Bonchev–Trinajstić information content (AvgIpc) is 2.89. The summed E-state index contributed by atoms with van der Waals surface area (Å²) < 4.78 is 5.55. The first kappa shape index (κ1) is 11.4. The third kappa shape index (κ3) is 1.65. The standard InChI is InChI=1S/C14H13NO2S/c1-8-11-10(7-17-8)18-14(15)12(11)13(16)9-5-3-2-4-6-9/h2-6,8H,7,15H2,1H3. The second kappa shape index (κ2) is 4.23. The van der Waals surface area contributed by atoms with E-state index in [1.807, 2.05) is 37.3 Å². The quantitative estimate of drug-likeness (QED) is 0.843. The van der Waals surface area contributed by atoms with Crippen molar-refractivity contribution in [3.8, 4) is 0 Å². The summed E-state index contributed by atoms with van der Waals surface area (Å²) >= 11 is 1.46. The Morgan fingerprint density at radius 1 is 1.39 bits per heavy atom. The van der Waals surface area contributed by atoms with E-state index in [0.717, 1.165) is 10.4 Å². The molecule has 3 rings (SSSR count). The summed E-state index contributed by atoms with van der Waals surface area (Å²) in [4.78, 5) is 13.6. The molecule has 1 unspecified atom stereocenters. The molecule has 0 bridgehead atoms. The van der Waals surface area contributed by atoms with Gasteiger partial charge in [-0.3, -0.25) is 4.79 Å². The lowest BCUT2D eigenvalue weighted by molar-refractivity contribution is 0.0791. The van der Waals surface area contributed by atoms with Gasteiger partial charge in [0.1, 0.15) is 0 Å². The number of nitrogen functional groups attached to an aromatic ring is 1. The molecule has 0 radical (unpaired) electrons. The molecule has 1 atom stereocenters. The summed E-state index contributed by atoms with van der Waals surface area (Å²) in [6.45, 7) is 2.52. The molecule has 2 heterocycles. The van der Waals surface area contributed by atoms with Crippen molar-refractivity contribution >= 4 is 22.1 Å². The van der Waals surface area contributed by atoms with E-state index in [-0.39, 0.29) is 11.9 Å². The third-order valence-electron chi connectivity index (χ3n) is 3.18. The van der Waals surface area contributed by atoms with Crippen molar-refractivity contribution in [3.63, 3.8) is 0 Å². The van der Waals surface area contributed by atoms with Crippen molar-refractivity contribution in [3.05, 3.63) is 51.9 Å². The van der Waals surface area contributed by atoms with Gasteiger partial charge in [0.2, 0.25) is 0 Å². The summed E-state index contributed by atoms with van der Waals surface area (Å²) in [6.07, 6.45) is -0.0452. The highest BCUT2D eigenvalue weighted by Crippen LogP contribution is 2.42. The van der Waals surface area contributed by atoms with Crippen molar-refractivity contribution < 1.29 is 9.53 Å². The van der Waals surface area contributed by atoms with Crippen LogP contribution in [0, 0.1) is 0 Å². The van der Waals surface area contributed by atoms with Crippen LogP contribution in [-0.2, 0) is 11.3 Å². The fourth-order valence-corrected chi connectivity index (χ4v) is 3.38. The van der Waals surface area contributed by atoms with Gasteiger partial charge in [-0.05, 0) is 6.92 Å². The molecule has 0 saturated heterocycles. The molecule has 0 aliphatic carbocycles. The van der Waals surface area contributed by atoms with E-state index in [0.29, 0.717) is 22.7 Å². The molecule has 0 spiro atoms. The Hall–Kier alpha value is -1.65. The van der Waals surface area contributed by atoms with E-state index >= 15 is 0 Å². The minimum absolute atomic E-state index is 0.0112. The van der Waals surface area contributed by atoms with Crippen LogP contribution >= 0.6 is 11.3 Å². The van der Waals surface area contributed by atoms with Crippen LogP contribution in [0.3, 0.4) is 0 Å². The molecule has 2 aromatic rings. The smallest absolute Gasteiger partial charge is 0.196 e. The van der Waals surface area contributed by atoms with Gasteiger partial charge in [0.25, 0.3) is 0 Å². The number of fused-ring (bicyclic) bond motifs is 1. The van der Waals surface area contributed by atoms with Crippen LogP contribution in [0.25, 0.3) is 0 Å². The molecule has 0 amide bonds. The number of ether oxygens (including phenoxy) is 1. The van der Waals surface area contributed by atoms with Crippen LogP contribution in [0.1, 0.15) is 39.4 Å². The number of hydrogen-bond acceptors (Lipinski definition) is 4. The van der Waals surface area contributed by atoms with Gasteiger partial charge in [0, 0.05) is 16.0 Å². The fraction of sp³-hybridized carbons (Fsp3) is 0.214. The SMILES string of the molecule is CC1OCc2sc(N)c(C(=O)c3ccccc3)c21. The molecule has 18 heavy (non-hydrogen) atoms. The van der Waals surface area contributed by atoms with E-state index in [1.54, 1.807) is 0 Å². The fourth-order valence-electron chi connectivity index (χ4n) is 2.30. The van der Waals surface area contributed by atoms with E-state index in [2.05, 4.69) is 0 Å². The predicted octanol–water partition coefficient (Wildman–Crippen LogP) is 3.15. The number of rotatable bonds is 2. The zero-order valence-electron chi connectivity index (χ0n) is 9.97. The van der Waals surface area contributed by atoms with E-state index in [4.69, 9.17) is 10.5 Å². The molecular formula is C14H13NO2S. The van der Waals surface area contributed by atoms with Crippen molar-refractivity contribution in [2.45, 2.75) is 19.6 Å². The molecule has 3 nitrogen and oxygen atoms in total. The monoisotopic (exact) mass is 259 g/mol. The van der Waals surface area contributed by atoms with Gasteiger partial charge in [-0.2, -0.15) is 0 Å². The third-order valence-corrected chi connectivity index (χ3v) is 4.19. The van der Waals surface area contributed by atoms with E-state index in [9.17, 15) is 4.79 Å². The topological polar surface area (TPSA) is 52.3 Å². The number of benzene rings is 1. The predicted molar refractivity (Wildman–Crippen MR) is 71.8 cm³/mol. The second-order valence-electron chi connectivity index (χ2n) is 4.33. The number of hydrogen-bond donors (Lipinski definition) is 1. The Labute approximate surface area is 109 Å². The first-order chi connectivity index (χ1) is 8.68. The number of ketones is 1. The molecule has 1 aromatic heterocycles. The lowest BCUT2D eigenvalue weighted by Gasteiger charge is -2.07. The maximum Gasteiger partial charge on any atom is 0.196 e. The van der Waals surface area contributed by atoms with Crippen LogP contribution in [0.4, 0.5) is 5.00 Å². The van der Waals surface area contributed by atoms with E-state index in [1.165, 1.54) is 11.3 Å². The lowest BCUT2D eigenvalue weighted by atomic mass is 9.98. The van der Waals surface area contributed by atoms with Gasteiger partial charge >= 0.3 is 0 Å². The molecule has 0 saturated carbocycles. The number of thiophene rings is 1. The molecule has 1 aliphatic heterocycles. The highest BCUT2D eigenvalue weighted by molar-refractivity contribution is 7.16. The minimum Gasteiger partial charge on any atom is -0.390 e. The summed E-state index contributed by atoms with van der Waals surface area (Å²) in [5.74, 6) is -0.0112. The van der Waals surface area contributed by atoms with Gasteiger partial charge in [-0.25, -0.2) is 0 Å². The molecule has 4 heteroatoms.